The predicted octanol–water partition coefficient (Wildman–Crippen LogP) is 2.40. The van der Waals surface area contributed by atoms with Gasteiger partial charge in [0.1, 0.15) is 11.9 Å². The summed E-state index contributed by atoms with van der Waals surface area (Å²) in [7, 11) is 0. The summed E-state index contributed by atoms with van der Waals surface area (Å²) in [5.41, 5.74) is 0.593. The highest BCUT2D eigenvalue weighted by molar-refractivity contribution is 6.16. The zero-order valence-corrected chi connectivity index (χ0v) is 9.50. The largest absolute Gasteiger partial charge is 0.356 e. The molecule has 0 aliphatic carbocycles. The first-order valence-electron chi connectivity index (χ1n) is 4.46. The minimum absolute atomic E-state index is 0.130. The Labute approximate surface area is 97.3 Å². The lowest BCUT2D eigenvalue weighted by Crippen LogP contribution is -2.07. The van der Waals surface area contributed by atoms with Crippen LogP contribution in [0.5, 0.6) is 0 Å². The summed E-state index contributed by atoms with van der Waals surface area (Å²) in [5, 5.41) is 0. The van der Waals surface area contributed by atoms with Crippen LogP contribution in [0.1, 0.15) is 44.9 Å². The highest BCUT2D eigenvalue weighted by Gasteiger charge is 2.15. The van der Waals surface area contributed by atoms with Gasteiger partial charge in [0.05, 0.1) is 5.56 Å². The molecule has 4 nitrogen and oxygen atoms in total. The Hall–Kier alpha value is -1.68. The Morgan fingerprint density at radius 2 is 1.62 bits per heavy atom. The maximum atomic E-state index is 11.3. The van der Waals surface area contributed by atoms with Crippen LogP contribution in [0.15, 0.2) is 18.2 Å². The van der Waals surface area contributed by atoms with E-state index in [4.69, 9.17) is 11.9 Å². The van der Waals surface area contributed by atoms with Crippen molar-refractivity contribution in [2.45, 2.75) is 13.8 Å². The third-order valence-electron chi connectivity index (χ3n) is 2.08. The second kappa shape index (κ2) is 4.90. The first-order chi connectivity index (χ1) is 7.47. The molecule has 1 rings (SSSR count). The molecule has 0 aliphatic rings. The van der Waals surface area contributed by atoms with Gasteiger partial charge in [-0.3, -0.25) is 9.59 Å². The first-order valence-corrected chi connectivity index (χ1v) is 4.77. The van der Waals surface area contributed by atoms with Crippen molar-refractivity contribution in [3.8, 4) is 0 Å². The Morgan fingerprint density at radius 1 is 1.06 bits per heavy atom. The van der Waals surface area contributed by atoms with Crippen LogP contribution in [0, 0.1) is 0 Å². The molecule has 0 spiro atoms. The summed E-state index contributed by atoms with van der Waals surface area (Å²) < 4.78 is 4.01. The monoisotopic (exact) mass is 240 g/mol. The van der Waals surface area contributed by atoms with Gasteiger partial charge >= 0.3 is 5.97 Å². The van der Waals surface area contributed by atoms with Gasteiger partial charge in [-0.2, -0.15) is 0 Å². The van der Waals surface area contributed by atoms with Crippen molar-refractivity contribution in [2.24, 2.45) is 0 Å². The van der Waals surface area contributed by atoms with Gasteiger partial charge in [0.25, 0.3) is 0 Å². The van der Waals surface area contributed by atoms with Gasteiger partial charge in [-0.05, 0) is 32.0 Å². The molecule has 0 unspecified atom stereocenters. The summed E-state index contributed by atoms with van der Waals surface area (Å²) in [6.07, 6.45) is 0. The molecule has 0 fully saturated rings. The summed E-state index contributed by atoms with van der Waals surface area (Å²) in [5.74, 6) is -1.30. The van der Waals surface area contributed by atoms with Crippen molar-refractivity contribution >= 4 is 29.4 Å². The van der Waals surface area contributed by atoms with Gasteiger partial charge in [-0.1, -0.05) is 0 Å². The van der Waals surface area contributed by atoms with Crippen LogP contribution in [0.4, 0.5) is 0 Å². The molecule has 84 valence electrons. The van der Waals surface area contributed by atoms with Crippen molar-refractivity contribution in [1.82, 2.24) is 0 Å². The van der Waals surface area contributed by atoms with E-state index in [0.29, 0.717) is 0 Å². The first kappa shape index (κ1) is 12.4. The van der Waals surface area contributed by atoms with Crippen LogP contribution >= 0.6 is 11.9 Å². The molecule has 0 bridgehead atoms. The lowest BCUT2D eigenvalue weighted by atomic mass is 9.99. The average Bonchev–Trinajstić information content (AvgIpc) is 2.26. The molecule has 1 aromatic carbocycles. The molecule has 0 aliphatic heterocycles. The molecule has 0 atom stereocenters. The van der Waals surface area contributed by atoms with E-state index >= 15 is 0 Å². The van der Waals surface area contributed by atoms with Crippen LogP contribution in [0.25, 0.3) is 0 Å². The third kappa shape index (κ3) is 2.46. The lowest BCUT2D eigenvalue weighted by Gasteiger charge is -2.05. The quantitative estimate of drug-likeness (QED) is 0.761. The number of ketones is 2. The zero-order chi connectivity index (χ0) is 12.3. The summed E-state index contributed by atoms with van der Waals surface area (Å²) in [6, 6.07) is 4.08. The topological polar surface area (TPSA) is 60.4 Å². The number of hydrogen-bond acceptors (Lipinski definition) is 4. The van der Waals surface area contributed by atoms with Gasteiger partial charge in [-0.25, -0.2) is 4.79 Å². The minimum Gasteiger partial charge on any atom is -0.343 e. The maximum absolute atomic E-state index is 11.3. The third-order valence-corrected chi connectivity index (χ3v) is 2.22. The van der Waals surface area contributed by atoms with E-state index in [2.05, 4.69) is 4.29 Å². The fourth-order valence-electron chi connectivity index (χ4n) is 1.31. The molecule has 0 saturated heterocycles. The van der Waals surface area contributed by atoms with E-state index in [9.17, 15) is 14.4 Å². The smallest absolute Gasteiger partial charge is 0.343 e. The van der Waals surface area contributed by atoms with Gasteiger partial charge in [0, 0.05) is 11.1 Å². The number of carbonyl (C=O) groups is 3. The van der Waals surface area contributed by atoms with Crippen molar-refractivity contribution in [1.29, 1.82) is 0 Å². The molecule has 0 heterocycles. The van der Waals surface area contributed by atoms with Crippen molar-refractivity contribution < 1.29 is 18.7 Å². The van der Waals surface area contributed by atoms with E-state index in [1.807, 2.05) is 0 Å². The van der Waals surface area contributed by atoms with Gasteiger partial charge in [0.2, 0.25) is 0 Å². The van der Waals surface area contributed by atoms with E-state index < -0.39 is 5.97 Å². The van der Waals surface area contributed by atoms with E-state index in [-0.39, 0.29) is 28.3 Å². The Kier molecular flexibility index (Phi) is 3.79. The predicted molar refractivity (Wildman–Crippen MR) is 57.7 cm³/mol. The minimum atomic E-state index is -0.765. The van der Waals surface area contributed by atoms with E-state index in [1.54, 1.807) is 0 Å². The van der Waals surface area contributed by atoms with Gasteiger partial charge in [0.15, 0.2) is 11.6 Å². The molecule has 0 radical (unpaired) electrons. The molecule has 5 heteroatoms. The number of halogens is 1. The Morgan fingerprint density at radius 3 is 2.06 bits per heavy atom. The second-order valence-electron chi connectivity index (χ2n) is 3.24. The molecule has 1 aromatic rings. The highest BCUT2D eigenvalue weighted by atomic mass is 35.5. The SMILES string of the molecule is CC(=O)c1ccc(C(=O)OCl)cc1C(C)=O. The van der Waals surface area contributed by atoms with E-state index in [0.717, 1.165) is 0 Å². The molecular weight excluding hydrogens is 232 g/mol. The molecule has 0 saturated carbocycles. The summed E-state index contributed by atoms with van der Waals surface area (Å²) in [6.45, 7) is 2.67. The number of rotatable bonds is 3. The standard InChI is InChI=1S/C11H9ClO4/c1-6(13)9-4-3-8(11(15)16-12)5-10(9)7(2)14/h3-5H,1-2H3. The van der Waals surface area contributed by atoms with Crippen molar-refractivity contribution in [3.63, 3.8) is 0 Å². The second-order valence-corrected chi connectivity index (χ2v) is 3.39. The van der Waals surface area contributed by atoms with Crippen molar-refractivity contribution in [2.75, 3.05) is 0 Å². The van der Waals surface area contributed by atoms with Crippen molar-refractivity contribution in [3.05, 3.63) is 34.9 Å². The number of carbonyl (C=O) groups excluding carboxylic acids is 3. The normalized spacial score (nSPS) is 9.69. The highest BCUT2D eigenvalue weighted by Crippen LogP contribution is 2.15. The van der Waals surface area contributed by atoms with Gasteiger partial charge < -0.3 is 4.29 Å². The number of benzene rings is 1. The van der Waals surface area contributed by atoms with Gasteiger partial charge in [-0.15, -0.1) is 0 Å². The van der Waals surface area contributed by atoms with Crippen LogP contribution in [0.2, 0.25) is 0 Å². The summed E-state index contributed by atoms with van der Waals surface area (Å²) in [4.78, 5) is 33.6. The average molecular weight is 241 g/mol. The van der Waals surface area contributed by atoms with Crippen LogP contribution in [-0.2, 0) is 4.29 Å². The molecule has 0 aromatic heterocycles. The lowest BCUT2D eigenvalue weighted by molar-refractivity contribution is 0.0750. The molecule has 16 heavy (non-hydrogen) atoms. The summed E-state index contributed by atoms with van der Waals surface area (Å²) >= 11 is 4.92. The van der Waals surface area contributed by atoms with Crippen LogP contribution in [-0.4, -0.2) is 17.5 Å². The van der Waals surface area contributed by atoms with E-state index in [1.165, 1.54) is 32.0 Å². The molecule has 0 amide bonds. The Bertz CT molecular complexity index is 465. The molecule has 0 N–H and O–H groups in total. The zero-order valence-electron chi connectivity index (χ0n) is 8.74. The number of hydrogen-bond donors (Lipinski definition) is 0. The van der Waals surface area contributed by atoms with Crippen LogP contribution < -0.4 is 0 Å². The fourth-order valence-corrected chi connectivity index (χ4v) is 1.40. The fraction of sp³-hybridized carbons (Fsp3) is 0.182. The number of Topliss-reactive ketones (excluding diaryl/α,β-unsaturated/α-hetero) is 2. The molecular formula is C11H9ClO4. The Balaban J connectivity index is 3.34. The van der Waals surface area contributed by atoms with Crippen LogP contribution in [0.3, 0.4) is 0 Å². The maximum Gasteiger partial charge on any atom is 0.356 e.